The molecule has 1 N–H and O–H groups in total. The fourth-order valence-corrected chi connectivity index (χ4v) is 4.55. The zero-order valence-electron chi connectivity index (χ0n) is 14.4. The molecule has 2 aromatic rings. The highest BCUT2D eigenvalue weighted by Gasteiger charge is 2.31. The number of phenols is 1. The molecule has 1 unspecified atom stereocenters. The number of aliphatic imine (C=N–C) groups is 1. The number of Topliss-reactive ketones (excluding diaryl/α,β-unsaturated/α-hetero) is 1. The molecule has 8 heteroatoms. The Labute approximate surface area is 174 Å². The predicted octanol–water partition coefficient (Wildman–Crippen LogP) is 4.97. The molecule has 1 atom stereocenters. The monoisotopic (exact) mass is 431 g/mol. The molecule has 0 saturated carbocycles. The second-order valence-corrected chi connectivity index (χ2v) is 8.25. The van der Waals surface area contributed by atoms with Crippen LogP contribution in [-0.2, 0) is 4.79 Å². The van der Waals surface area contributed by atoms with E-state index in [0.29, 0.717) is 27.8 Å². The topological polar surface area (TPSA) is 76.0 Å². The van der Waals surface area contributed by atoms with Crippen LogP contribution in [0.3, 0.4) is 0 Å². The van der Waals surface area contributed by atoms with Crippen LogP contribution in [0.5, 0.6) is 11.5 Å². The second-order valence-electron chi connectivity index (χ2n) is 6.23. The summed E-state index contributed by atoms with van der Waals surface area (Å²) in [4.78, 5) is 29.7. The van der Waals surface area contributed by atoms with Gasteiger partial charge in [0.25, 0.3) is 0 Å². The van der Waals surface area contributed by atoms with Crippen molar-refractivity contribution in [3.8, 4) is 11.5 Å². The van der Waals surface area contributed by atoms with Gasteiger partial charge in [0.2, 0.25) is 5.12 Å². The third-order valence-electron chi connectivity index (χ3n) is 4.37. The number of carbonyl (C=O) groups is 2. The fourth-order valence-electron chi connectivity index (χ4n) is 3.04. The van der Waals surface area contributed by atoms with Gasteiger partial charge in [0, 0.05) is 18.4 Å². The van der Waals surface area contributed by atoms with Gasteiger partial charge in [-0.3, -0.25) is 9.59 Å². The maximum atomic E-state index is 12.5. The largest absolute Gasteiger partial charge is 0.507 e. The van der Waals surface area contributed by atoms with Crippen molar-refractivity contribution in [2.24, 2.45) is 4.99 Å². The summed E-state index contributed by atoms with van der Waals surface area (Å²) in [5.41, 5.74) is 1.40. The standard InChI is InChI=1S/C20H14ClNO4S2/c21-28-16-9-8-14(23)17-15(24)10-12(26-18(16)17)6-7-13-20(25)27-19(22-13)11-4-2-1-3-5-11/h1-5,7-9,12,23H,6,10H2. The van der Waals surface area contributed by atoms with Gasteiger partial charge in [-0.2, -0.15) is 0 Å². The van der Waals surface area contributed by atoms with E-state index in [1.807, 2.05) is 30.3 Å². The Hall–Kier alpha value is -2.22. The number of thioether (sulfide) groups is 1. The number of hydrogen-bond donors (Lipinski definition) is 1. The molecule has 5 nitrogen and oxygen atoms in total. The highest BCUT2D eigenvalue weighted by molar-refractivity contribution is 8.27. The minimum Gasteiger partial charge on any atom is -0.507 e. The summed E-state index contributed by atoms with van der Waals surface area (Å²) in [7, 11) is 6.78. The molecule has 2 aromatic carbocycles. The second kappa shape index (κ2) is 8.03. The summed E-state index contributed by atoms with van der Waals surface area (Å²) in [6, 6.07) is 12.5. The van der Waals surface area contributed by atoms with Crippen LogP contribution < -0.4 is 4.74 Å². The number of carbonyl (C=O) groups excluding carboxylic acids is 2. The van der Waals surface area contributed by atoms with Crippen molar-refractivity contribution in [2.45, 2.75) is 23.8 Å². The highest BCUT2D eigenvalue weighted by atomic mass is 35.7. The Kier molecular flexibility index (Phi) is 5.48. The van der Waals surface area contributed by atoms with Crippen LogP contribution in [0.25, 0.3) is 0 Å². The third kappa shape index (κ3) is 3.70. The Morgan fingerprint density at radius 2 is 2.04 bits per heavy atom. The van der Waals surface area contributed by atoms with Gasteiger partial charge in [0.1, 0.15) is 33.9 Å². The van der Waals surface area contributed by atoms with Crippen molar-refractivity contribution < 1.29 is 19.4 Å². The van der Waals surface area contributed by atoms with Gasteiger partial charge in [-0.15, -0.1) is 0 Å². The fraction of sp³-hybridized carbons (Fsp3) is 0.150. The van der Waals surface area contributed by atoms with E-state index in [0.717, 1.165) is 28.3 Å². The molecule has 0 bridgehead atoms. The van der Waals surface area contributed by atoms with Gasteiger partial charge in [0.05, 0.1) is 4.90 Å². The molecular weight excluding hydrogens is 418 g/mol. The number of hydrogen-bond acceptors (Lipinski definition) is 7. The SMILES string of the molecule is O=C1SC(c2ccccc2)=NC1=CCC1CC(=O)c2c(O)ccc(SCl)c2O1. The lowest BCUT2D eigenvalue weighted by atomic mass is 9.98. The first kappa shape index (κ1) is 19.1. The number of ether oxygens (including phenoxy) is 1. The Morgan fingerprint density at radius 1 is 1.25 bits per heavy atom. The molecule has 0 aromatic heterocycles. The molecule has 2 heterocycles. The van der Waals surface area contributed by atoms with E-state index in [4.69, 9.17) is 15.4 Å². The summed E-state index contributed by atoms with van der Waals surface area (Å²) in [6.45, 7) is 0. The molecule has 0 saturated heterocycles. The minimum absolute atomic E-state index is 0.108. The van der Waals surface area contributed by atoms with Gasteiger partial charge < -0.3 is 9.84 Å². The van der Waals surface area contributed by atoms with E-state index in [-0.39, 0.29) is 28.6 Å². The number of aromatic hydroxyl groups is 1. The van der Waals surface area contributed by atoms with E-state index < -0.39 is 6.10 Å². The number of halogens is 1. The van der Waals surface area contributed by atoms with Gasteiger partial charge in [-0.1, -0.05) is 36.4 Å². The van der Waals surface area contributed by atoms with Crippen LogP contribution in [0.2, 0.25) is 0 Å². The van der Waals surface area contributed by atoms with E-state index in [2.05, 4.69) is 4.99 Å². The Balaban J connectivity index is 1.54. The summed E-state index contributed by atoms with van der Waals surface area (Å²) >= 11 is 1.09. The smallest absolute Gasteiger partial charge is 0.243 e. The number of rotatable bonds is 4. The maximum Gasteiger partial charge on any atom is 0.243 e. The minimum atomic E-state index is -0.453. The summed E-state index contributed by atoms with van der Waals surface area (Å²) in [5, 5.41) is 10.5. The van der Waals surface area contributed by atoms with E-state index in [1.54, 1.807) is 12.1 Å². The molecule has 142 valence electrons. The van der Waals surface area contributed by atoms with Crippen LogP contribution >= 0.6 is 33.4 Å². The molecule has 4 rings (SSSR count). The number of benzene rings is 2. The molecule has 0 amide bonds. The van der Waals surface area contributed by atoms with Crippen LogP contribution in [0.4, 0.5) is 0 Å². The first-order valence-corrected chi connectivity index (χ1v) is 10.9. The van der Waals surface area contributed by atoms with Gasteiger partial charge in [0.15, 0.2) is 5.78 Å². The first-order chi connectivity index (χ1) is 13.6. The van der Waals surface area contributed by atoms with E-state index in [1.165, 1.54) is 6.07 Å². The number of nitrogens with zero attached hydrogens (tertiary/aromatic N) is 1. The molecule has 28 heavy (non-hydrogen) atoms. The number of fused-ring (bicyclic) bond motifs is 1. The third-order valence-corrected chi connectivity index (χ3v) is 6.28. The van der Waals surface area contributed by atoms with Crippen molar-refractivity contribution >= 4 is 49.4 Å². The molecule has 0 radical (unpaired) electrons. The molecule has 0 aliphatic carbocycles. The summed E-state index contributed by atoms with van der Waals surface area (Å²) < 4.78 is 5.91. The molecule has 2 aliphatic heterocycles. The first-order valence-electron chi connectivity index (χ1n) is 8.47. The molecular formula is C20H14ClNO4S2. The quantitative estimate of drug-likeness (QED) is 0.689. The van der Waals surface area contributed by atoms with E-state index in [9.17, 15) is 14.7 Å². The van der Waals surface area contributed by atoms with Crippen LogP contribution in [0.1, 0.15) is 28.8 Å². The zero-order valence-corrected chi connectivity index (χ0v) is 16.8. The molecule has 0 fully saturated rings. The number of ketones is 1. The lowest BCUT2D eigenvalue weighted by Crippen LogP contribution is -2.27. The van der Waals surface area contributed by atoms with Crippen molar-refractivity contribution in [3.05, 3.63) is 65.4 Å². The molecule has 0 spiro atoms. The van der Waals surface area contributed by atoms with Crippen molar-refractivity contribution in [2.75, 3.05) is 0 Å². The van der Waals surface area contributed by atoms with Crippen LogP contribution in [0.15, 0.2) is 64.1 Å². The Bertz CT molecular complexity index is 1020. The van der Waals surface area contributed by atoms with E-state index >= 15 is 0 Å². The zero-order chi connectivity index (χ0) is 19.7. The predicted molar refractivity (Wildman–Crippen MR) is 111 cm³/mol. The lowest BCUT2D eigenvalue weighted by molar-refractivity contribution is -0.107. The molecule has 2 aliphatic rings. The van der Waals surface area contributed by atoms with Crippen molar-refractivity contribution in [1.82, 2.24) is 0 Å². The highest BCUT2D eigenvalue weighted by Crippen LogP contribution is 2.43. The van der Waals surface area contributed by atoms with Gasteiger partial charge >= 0.3 is 0 Å². The average molecular weight is 432 g/mol. The normalized spacial score (nSPS) is 20.1. The van der Waals surface area contributed by atoms with Crippen molar-refractivity contribution in [3.63, 3.8) is 0 Å². The number of phenolic OH excluding ortho intramolecular Hbond substituents is 1. The summed E-state index contributed by atoms with van der Waals surface area (Å²) in [6.07, 6.45) is 1.70. The van der Waals surface area contributed by atoms with Gasteiger partial charge in [-0.05, 0) is 45.6 Å². The van der Waals surface area contributed by atoms with Crippen LogP contribution in [0, 0.1) is 0 Å². The van der Waals surface area contributed by atoms with Crippen molar-refractivity contribution in [1.29, 1.82) is 0 Å². The average Bonchev–Trinajstić information content (AvgIpc) is 3.08. The Morgan fingerprint density at radius 3 is 2.79 bits per heavy atom. The van der Waals surface area contributed by atoms with Gasteiger partial charge in [-0.25, -0.2) is 4.99 Å². The summed E-state index contributed by atoms with van der Waals surface area (Å²) in [5.74, 6) is -0.0405. The van der Waals surface area contributed by atoms with Crippen LogP contribution in [-0.4, -0.2) is 27.2 Å². The lowest BCUT2D eigenvalue weighted by Gasteiger charge is -2.26. The maximum absolute atomic E-state index is 12.5.